The van der Waals surface area contributed by atoms with Crippen molar-refractivity contribution in [2.75, 3.05) is 6.54 Å². The van der Waals surface area contributed by atoms with Crippen molar-refractivity contribution < 1.29 is 4.79 Å². The molecule has 1 aliphatic rings. The van der Waals surface area contributed by atoms with Crippen molar-refractivity contribution in [2.45, 2.75) is 38.6 Å². The van der Waals surface area contributed by atoms with Gasteiger partial charge in [-0.05, 0) is 31.7 Å². The van der Waals surface area contributed by atoms with Gasteiger partial charge in [0.2, 0.25) is 5.91 Å². The standard InChI is InChI=1S/C9H18N2O/c1-7(6-10)2-5-9(12)11-8-3-4-8/h7-8H,2-6,10H2,1H3,(H,11,12). The zero-order valence-corrected chi connectivity index (χ0v) is 7.68. The average molecular weight is 170 g/mol. The minimum Gasteiger partial charge on any atom is -0.353 e. The predicted molar refractivity (Wildman–Crippen MR) is 48.6 cm³/mol. The highest BCUT2D eigenvalue weighted by molar-refractivity contribution is 5.76. The molecule has 0 aromatic rings. The highest BCUT2D eigenvalue weighted by Crippen LogP contribution is 2.18. The zero-order valence-electron chi connectivity index (χ0n) is 7.68. The number of hydrogen-bond donors (Lipinski definition) is 2. The Balaban J connectivity index is 2.00. The summed E-state index contributed by atoms with van der Waals surface area (Å²) in [6.07, 6.45) is 3.88. The normalized spacial score (nSPS) is 18.8. The fraction of sp³-hybridized carbons (Fsp3) is 0.889. The molecule has 1 unspecified atom stereocenters. The quantitative estimate of drug-likeness (QED) is 0.636. The summed E-state index contributed by atoms with van der Waals surface area (Å²) in [4.78, 5) is 11.2. The van der Waals surface area contributed by atoms with E-state index in [0.717, 1.165) is 19.3 Å². The Morgan fingerprint density at radius 3 is 2.83 bits per heavy atom. The van der Waals surface area contributed by atoms with Crippen molar-refractivity contribution in [3.8, 4) is 0 Å². The number of nitrogens with two attached hydrogens (primary N) is 1. The van der Waals surface area contributed by atoms with Gasteiger partial charge >= 0.3 is 0 Å². The predicted octanol–water partition coefficient (Wildman–Crippen LogP) is 0.640. The van der Waals surface area contributed by atoms with E-state index in [9.17, 15) is 4.79 Å². The second-order valence-corrected chi connectivity index (χ2v) is 3.72. The van der Waals surface area contributed by atoms with Gasteiger partial charge in [0.1, 0.15) is 0 Å². The van der Waals surface area contributed by atoms with Crippen molar-refractivity contribution in [3.05, 3.63) is 0 Å². The van der Waals surface area contributed by atoms with Crippen molar-refractivity contribution >= 4 is 5.91 Å². The SMILES string of the molecule is CC(CN)CCC(=O)NC1CC1. The van der Waals surface area contributed by atoms with Crippen molar-refractivity contribution in [3.63, 3.8) is 0 Å². The van der Waals surface area contributed by atoms with Crippen LogP contribution in [0.5, 0.6) is 0 Å². The van der Waals surface area contributed by atoms with E-state index in [1.807, 2.05) is 0 Å². The van der Waals surface area contributed by atoms with E-state index < -0.39 is 0 Å². The highest BCUT2D eigenvalue weighted by Gasteiger charge is 2.22. The van der Waals surface area contributed by atoms with E-state index in [1.165, 1.54) is 0 Å². The van der Waals surface area contributed by atoms with E-state index in [1.54, 1.807) is 0 Å². The fourth-order valence-corrected chi connectivity index (χ4v) is 1.02. The Morgan fingerprint density at radius 2 is 2.33 bits per heavy atom. The van der Waals surface area contributed by atoms with Crippen LogP contribution in [0.1, 0.15) is 32.6 Å². The number of carbonyl (C=O) groups is 1. The summed E-state index contributed by atoms with van der Waals surface area (Å²) < 4.78 is 0. The van der Waals surface area contributed by atoms with E-state index in [2.05, 4.69) is 12.2 Å². The Hall–Kier alpha value is -0.570. The van der Waals surface area contributed by atoms with Gasteiger partial charge in [0.05, 0.1) is 0 Å². The molecule has 12 heavy (non-hydrogen) atoms. The maximum absolute atomic E-state index is 11.2. The topological polar surface area (TPSA) is 55.1 Å². The lowest BCUT2D eigenvalue weighted by Gasteiger charge is -2.07. The molecule has 1 atom stereocenters. The van der Waals surface area contributed by atoms with Gasteiger partial charge in [0.25, 0.3) is 0 Å². The average Bonchev–Trinajstić information content (AvgIpc) is 2.84. The molecule has 0 saturated heterocycles. The zero-order chi connectivity index (χ0) is 8.97. The molecule has 0 aliphatic heterocycles. The van der Waals surface area contributed by atoms with E-state index in [4.69, 9.17) is 5.73 Å². The summed E-state index contributed by atoms with van der Waals surface area (Å²) in [5, 5.41) is 2.95. The first-order valence-electron chi connectivity index (χ1n) is 4.71. The summed E-state index contributed by atoms with van der Waals surface area (Å²) in [6.45, 7) is 2.75. The number of hydrogen-bond acceptors (Lipinski definition) is 2. The molecular weight excluding hydrogens is 152 g/mol. The van der Waals surface area contributed by atoms with Crippen molar-refractivity contribution in [1.29, 1.82) is 0 Å². The first-order valence-corrected chi connectivity index (χ1v) is 4.71. The van der Waals surface area contributed by atoms with Crippen LogP contribution in [0.4, 0.5) is 0 Å². The summed E-state index contributed by atoms with van der Waals surface area (Å²) in [6, 6.07) is 0.491. The van der Waals surface area contributed by atoms with Gasteiger partial charge in [0.15, 0.2) is 0 Å². The third-order valence-electron chi connectivity index (χ3n) is 2.21. The molecule has 3 heteroatoms. The lowest BCUT2D eigenvalue weighted by molar-refractivity contribution is -0.121. The van der Waals surface area contributed by atoms with Crippen molar-refractivity contribution in [2.24, 2.45) is 11.7 Å². The Bertz CT molecular complexity index is 155. The van der Waals surface area contributed by atoms with Crippen LogP contribution < -0.4 is 11.1 Å². The highest BCUT2D eigenvalue weighted by atomic mass is 16.1. The monoisotopic (exact) mass is 170 g/mol. The lowest BCUT2D eigenvalue weighted by Crippen LogP contribution is -2.26. The third kappa shape index (κ3) is 3.72. The fourth-order valence-electron chi connectivity index (χ4n) is 1.02. The molecule has 0 bridgehead atoms. The molecule has 1 aliphatic carbocycles. The smallest absolute Gasteiger partial charge is 0.220 e. The minimum absolute atomic E-state index is 0.192. The van der Waals surface area contributed by atoms with E-state index >= 15 is 0 Å². The molecule has 0 spiro atoms. The minimum atomic E-state index is 0.192. The molecule has 0 aromatic carbocycles. The Kier molecular flexibility index (Phi) is 3.53. The van der Waals surface area contributed by atoms with Crippen LogP contribution in [0.3, 0.4) is 0 Å². The van der Waals surface area contributed by atoms with Crippen LogP contribution in [0.2, 0.25) is 0 Å². The van der Waals surface area contributed by atoms with Crippen LogP contribution in [0, 0.1) is 5.92 Å². The summed E-state index contributed by atoms with van der Waals surface area (Å²) >= 11 is 0. The van der Waals surface area contributed by atoms with Crippen LogP contribution in [0.25, 0.3) is 0 Å². The number of amides is 1. The molecule has 0 heterocycles. The lowest BCUT2D eigenvalue weighted by atomic mass is 10.1. The molecule has 1 amide bonds. The summed E-state index contributed by atoms with van der Waals surface area (Å²) in [5.41, 5.74) is 5.44. The van der Waals surface area contributed by atoms with Gasteiger partial charge in [-0.2, -0.15) is 0 Å². The van der Waals surface area contributed by atoms with E-state index in [-0.39, 0.29) is 5.91 Å². The van der Waals surface area contributed by atoms with Crippen LogP contribution in [0.15, 0.2) is 0 Å². The first-order chi connectivity index (χ1) is 5.72. The van der Waals surface area contributed by atoms with Crippen LogP contribution in [-0.2, 0) is 4.79 Å². The largest absolute Gasteiger partial charge is 0.353 e. The number of nitrogens with one attached hydrogen (secondary N) is 1. The second-order valence-electron chi connectivity index (χ2n) is 3.72. The molecule has 1 fully saturated rings. The molecule has 0 radical (unpaired) electrons. The number of rotatable bonds is 5. The summed E-state index contributed by atoms with van der Waals surface area (Å²) in [7, 11) is 0. The maximum atomic E-state index is 11.2. The molecular formula is C9H18N2O. The van der Waals surface area contributed by atoms with Gasteiger partial charge in [-0.15, -0.1) is 0 Å². The Labute approximate surface area is 73.7 Å². The Morgan fingerprint density at radius 1 is 1.67 bits per heavy atom. The first kappa shape index (κ1) is 9.52. The molecule has 70 valence electrons. The molecule has 1 rings (SSSR count). The van der Waals surface area contributed by atoms with Gasteiger partial charge in [-0.3, -0.25) is 4.79 Å². The van der Waals surface area contributed by atoms with Gasteiger partial charge in [-0.1, -0.05) is 6.92 Å². The van der Waals surface area contributed by atoms with Gasteiger partial charge < -0.3 is 11.1 Å². The second kappa shape index (κ2) is 4.45. The summed E-state index contributed by atoms with van der Waals surface area (Å²) in [5.74, 6) is 0.660. The molecule has 0 aromatic heterocycles. The van der Waals surface area contributed by atoms with Crippen LogP contribution in [-0.4, -0.2) is 18.5 Å². The van der Waals surface area contributed by atoms with Crippen molar-refractivity contribution in [1.82, 2.24) is 5.32 Å². The molecule has 3 nitrogen and oxygen atoms in total. The van der Waals surface area contributed by atoms with E-state index in [0.29, 0.717) is 24.9 Å². The van der Waals surface area contributed by atoms with Gasteiger partial charge in [0, 0.05) is 12.5 Å². The molecule has 3 N–H and O–H groups in total. The third-order valence-corrected chi connectivity index (χ3v) is 2.21. The van der Waals surface area contributed by atoms with Crippen LogP contribution >= 0.6 is 0 Å². The van der Waals surface area contributed by atoms with Gasteiger partial charge in [-0.25, -0.2) is 0 Å². The molecule has 1 saturated carbocycles. The number of carbonyl (C=O) groups excluding carboxylic acids is 1. The maximum Gasteiger partial charge on any atom is 0.220 e.